The van der Waals surface area contributed by atoms with Crippen molar-refractivity contribution in [1.29, 1.82) is 0 Å². The van der Waals surface area contributed by atoms with Gasteiger partial charge in [-0.25, -0.2) is 8.78 Å². The van der Waals surface area contributed by atoms with Gasteiger partial charge in [-0.05, 0) is 30.9 Å². The van der Waals surface area contributed by atoms with Crippen molar-refractivity contribution in [2.45, 2.75) is 37.8 Å². The minimum atomic E-state index is -0.987. The molecule has 0 aliphatic heterocycles. The molecule has 0 spiro atoms. The van der Waals surface area contributed by atoms with Gasteiger partial charge < -0.3 is 10.8 Å². The van der Waals surface area contributed by atoms with E-state index in [9.17, 15) is 13.9 Å². The number of benzene rings is 1. The van der Waals surface area contributed by atoms with Gasteiger partial charge in [0.15, 0.2) is 0 Å². The fourth-order valence-corrected chi connectivity index (χ4v) is 2.59. The number of aliphatic hydroxyl groups is 1. The minimum Gasteiger partial charge on any atom is -0.391 e. The zero-order chi connectivity index (χ0) is 12.4. The third-order valence-electron chi connectivity index (χ3n) is 3.58. The molecule has 1 aromatic carbocycles. The maximum atomic E-state index is 13.5. The molecule has 0 unspecified atom stereocenters. The van der Waals surface area contributed by atoms with Gasteiger partial charge in [0.05, 0.1) is 12.1 Å². The molecule has 0 aromatic heterocycles. The molecule has 94 valence electrons. The lowest BCUT2D eigenvalue weighted by Gasteiger charge is -2.25. The summed E-state index contributed by atoms with van der Waals surface area (Å²) >= 11 is 0. The second-order valence-electron chi connectivity index (χ2n) is 4.70. The maximum Gasteiger partial charge on any atom is 0.131 e. The van der Waals surface area contributed by atoms with Crippen molar-refractivity contribution in [1.82, 2.24) is 0 Å². The molecule has 1 aliphatic carbocycles. The molecule has 1 aromatic rings. The van der Waals surface area contributed by atoms with Crippen LogP contribution >= 0.6 is 0 Å². The van der Waals surface area contributed by atoms with Crippen molar-refractivity contribution < 1.29 is 13.9 Å². The molecule has 0 radical (unpaired) electrons. The van der Waals surface area contributed by atoms with Crippen molar-refractivity contribution in [3.63, 3.8) is 0 Å². The Labute approximate surface area is 99.4 Å². The van der Waals surface area contributed by atoms with Gasteiger partial charge in [-0.3, -0.25) is 0 Å². The Hall–Kier alpha value is -1.00. The highest BCUT2D eigenvalue weighted by atomic mass is 19.1. The van der Waals surface area contributed by atoms with E-state index < -0.39 is 23.8 Å². The molecule has 1 aliphatic rings. The van der Waals surface area contributed by atoms with Crippen LogP contribution < -0.4 is 5.73 Å². The van der Waals surface area contributed by atoms with Gasteiger partial charge >= 0.3 is 0 Å². The molecule has 0 bridgehead atoms. The van der Waals surface area contributed by atoms with Crippen LogP contribution in [0.1, 0.15) is 37.3 Å². The van der Waals surface area contributed by atoms with E-state index in [1.807, 2.05) is 0 Å². The summed E-state index contributed by atoms with van der Waals surface area (Å²) in [4.78, 5) is 0. The molecule has 4 heteroatoms. The number of aliphatic hydroxyl groups excluding tert-OH is 1. The smallest absolute Gasteiger partial charge is 0.131 e. The Bertz CT molecular complexity index is 371. The Morgan fingerprint density at radius 2 is 1.71 bits per heavy atom. The normalized spacial score (nSPS) is 20.5. The second kappa shape index (κ2) is 5.10. The van der Waals surface area contributed by atoms with Gasteiger partial charge in [0.25, 0.3) is 0 Å². The van der Waals surface area contributed by atoms with Gasteiger partial charge in [0.2, 0.25) is 0 Å². The molecular formula is C13H17F2NO. The number of halogens is 2. The van der Waals surface area contributed by atoms with Crippen LogP contribution in [0.4, 0.5) is 8.78 Å². The molecule has 17 heavy (non-hydrogen) atoms. The first kappa shape index (κ1) is 12.5. The molecule has 3 N–H and O–H groups in total. The van der Waals surface area contributed by atoms with Crippen molar-refractivity contribution in [3.05, 3.63) is 35.4 Å². The lowest BCUT2D eigenvalue weighted by Crippen LogP contribution is -2.33. The van der Waals surface area contributed by atoms with Gasteiger partial charge in [0.1, 0.15) is 11.6 Å². The van der Waals surface area contributed by atoms with Gasteiger partial charge in [0, 0.05) is 5.56 Å². The minimum absolute atomic E-state index is 0.0593. The van der Waals surface area contributed by atoms with Crippen LogP contribution in [0.3, 0.4) is 0 Å². The Morgan fingerprint density at radius 1 is 1.18 bits per heavy atom. The third-order valence-corrected chi connectivity index (χ3v) is 3.58. The van der Waals surface area contributed by atoms with E-state index in [2.05, 4.69) is 0 Å². The average molecular weight is 241 g/mol. The standard InChI is InChI=1S/C13H17F2NO/c14-9-6-3-7-10(15)11(9)12(16)13(17)8-4-1-2-5-8/h3,6-8,12-13,17H,1-2,4-5,16H2/t12-,13+/m0/s1. The van der Waals surface area contributed by atoms with E-state index in [0.29, 0.717) is 0 Å². The first-order chi connectivity index (χ1) is 8.11. The van der Waals surface area contributed by atoms with Crippen LogP contribution in [0.25, 0.3) is 0 Å². The molecule has 1 saturated carbocycles. The highest BCUT2D eigenvalue weighted by Crippen LogP contribution is 2.33. The largest absolute Gasteiger partial charge is 0.391 e. The van der Waals surface area contributed by atoms with Crippen LogP contribution in [-0.4, -0.2) is 11.2 Å². The van der Waals surface area contributed by atoms with E-state index in [1.54, 1.807) is 0 Å². The van der Waals surface area contributed by atoms with Crippen LogP contribution in [-0.2, 0) is 0 Å². The first-order valence-corrected chi connectivity index (χ1v) is 5.99. The van der Waals surface area contributed by atoms with Crippen LogP contribution in [0.2, 0.25) is 0 Å². The molecule has 2 atom stereocenters. The topological polar surface area (TPSA) is 46.2 Å². The Morgan fingerprint density at radius 3 is 2.24 bits per heavy atom. The van der Waals surface area contributed by atoms with Crippen LogP contribution in [0.15, 0.2) is 18.2 Å². The fourth-order valence-electron chi connectivity index (χ4n) is 2.59. The summed E-state index contributed by atoms with van der Waals surface area (Å²) in [5, 5.41) is 10.1. The average Bonchev–Trinajstić information content (AvgIpc) is 2.81. The molecule has 2 nitrogen and oxygen atoms in total. The fraction of sp³-hybridized carbons (Fsp3) is 0.538. The van der Waals surface area contributed by atoms with E-state index in [4.69, 9.17) is 5.73 Å². The molecule has 2 rings (SSSR count). The van der Waals surface area contributed by atoms with Crippen LogP contribution in [0, 0.1) is 17.6 Å². The Kier molecular flexibility index (Phi) is 3.74. The molecule has 1 fully saturated rings. The highest BCUT2D eigenvalue weighted by Gasteiger charge is 2.31. The summed E-state index contributed by atoms with van der Waals surface area (Å²) in [6.07, 6.45) is 2.99. The molecule has 0 amide bonds. The van der Waals surface area contributed by atoms with Crippen LogP contribution in [0.5, 0.6) is 0 Å². The summed E-state index contributed by atoms with van der Waals surface area (Å²) in [7, 11) is 0. The lowest BCUT2D eigenvalue weighted by molar-refractivity contribution is 0.0819. The van der Waals surface area contributed by atoms with Gasteiger partial charge in [-0.1, -0.05) is 18.9 Å². The van der Waals surface area contributed by atoms with Gasteiger partial charge in [-0.15, -0.1) is 0 Å². The highest BCUT2D eigenvalue weighted by molar-refractivity contribution is 5.24. The SMILES string of the molecule is N[C@@H](c1c(F)cccc1F)[C@H](O)C1CCCC1. The summed E-state index contributed by atoms with van der Waals surface area (Å²) in [6, 6.07) is 2.64. The second-order valence-corrected chi connectivity index (χ2v) is 4.70. The zero-order valence-corrected chi connectivity index (χ0v) is 9.57. The zero-order valence-electron chi connectivity index (χ0n) is 9.57. The third kappa shape index (κ3) is 2.48. The summed E-state index contributed by atoms with van der Waals surface area (Å²) in [5.74, 6) is -1.31. The lowest BCUT2D eigenvalue weighted by atomic mass is 9.90. The predicted octanol–water partition coefficient (Wildman–Crippen LogP) is 2.52. The number of hydrogen-bond donors (Lipinski definition) is 2. The van der Waals surface area contributed by atoms with Crippen molar-refractivity contribution in [3.8, 4) is 0 Å². The predicted molar refractivity (Wildman–Crippen MR) is 61.3 cm³/mol. The first-order valence-electron chi connectivity index (χ1n) is 5.99. The summed E-state index contributed by atoms with van der Waals surface area (Å²) in [5.41, 5.74) is 5.59. The monoisotopic (exact) mass is 241 g/mol. The summed E-state index contributed by atoms with van der Waals surface area (Å²) in [6.45, 7) is 0. The number of hydrogen-bond acceptors (Lipinski definition) is 2. The molecular weight excluding hydrogens is 224 g/mol. The summed E-state index contributed by atoms with van der Waals surface area (Å²) < 4.78 is 27.0. The van der Waals surface area contributed by atoms with E-state index >= 15 is 0 Å². The molecule has 0 heterocycles. The van der Waals surface area contributed by atoms with Crippen molar-refractivity contribution >= 4 is 0 Å². The van der Waals surface area contributed by atoms with Crippen molar-refractivity contribution in [2.75, 3.05) is 0 Å². The van der Waals surface area contributed by atoms with E-state index in [0.717, 1.165) is 25.7 Å². The molecule has 0 saturated heterocycles. The number of rotatable bonds is 3. The quantitative estimate of drug-likeness (QED) is 0.854. The maximum absolute atomic E-state index is 13.5. The number of nitrogens with two attached hydrogens (primary N) is 1. The van der Waals surface area contributed by atoms with Gasteiger partial charge in [-0.2, -0.15) is 0 Å². The van der Waals surface area contributed by atoms with E-state index in [-0.39, 0.29) is 11.5 Å². The van der Waals surface area contributed by atoms with Crippen molar-refractivity contribution in [2.24, 2.45) is 11.7 Å². The van der Waals surface area contributed by atoms with E-state index in [1.165, 1.54) is 18.2 Å². The Balaban J connectivity index is 2.20.